The molecule has 0 unspecified atom stereocenters. The molecule has 0 radical (unpaired) electrons. The maximum atomic E-state index is 12.6. The van der Waals surface area contributed by atoms with Crippen LogP contribution < -0.4 is 5.73 Å². The Morgan fingerprint density at radius 3 is 2.71 bits per heavy atom. The molecule has 17 heavy (non-hydrogen) atoms. The molecule has 0 fully saturated rings. The van der Waals surface area contributed by atoms with Crippen molar-refractivity contribution in [3.8, 4) is 6.07 Å². The topological polar surface area (TPSA) is 100 Å². The minimum Gasteiger partial charge on any atom is -0.481 e. The number of aromatic nitrogens is 1. The van der Waals surface area contributed by atoms with Crippen LogP contribution in [-0.4, -0.2) is 16.1 Å². The average Bonchev–Trinajstić information content (AvgIpc) is 2.26. The molecule has 0 saturated carbocycles. The van der Waals surface area contributed by atoms with Crippen LogP contribution in [0.25, 0.3) is 0 Å². The van der Waals surface area contributed by atoms with Gasteiger partial charge >= 0.3 is 5.97 Å². The lowest BCUT2D eigenvalue weighted by atomic mass is 10.0. The second-order valence-corrected chi connectivity index (χ2v) is 3.22. The third kappa shape index (κ3) is 2.95. The fourth-order valence-corrected chi connectivity index (χ4v) is 1.37. The van der Waals surface area contributed by atoms with E-state index in [0.717, 1.165) is 0 Å². The number of pyridine rings is 1. The molecular formula is C10H9F2N3O2. The van der Waals surface area contributed by atoms with E-state index in [1.165, 1.54) is 6.07 Å². The summed E-state index contributed by atoms with van der Waals surface area (Å²) in [5, 5.41) is 17.3. The van der Waals surface area contributed by atoms with Crippen molar-refractivity contribution in [1.82, 2.24) is 4.98 Å². The summed E-state index contributed by atoms with van der Waals surface area (Å²) in [6, 6.07) is 2.87. The van der Waals surface area contributed by atoms with Gasteiger partial charge in [0.2, 0.25) is 0 Å². The van der Waals surface area contributed by atoms with Crippen LogP contribution >= 0.6 is 0 Å². The monoisotopic (exact) mass is 241 g/mol. The van der Waals surface area contributed by atoms with Gasteiger partial charge in [0, 0.05) is 6.54 Å². The lowest BCUT2D eigenvalue weighted by Crippen LogP contribution is -2.10. The minimum atomic E-state index is -2.94. The van der Waals surface area contributed by atoms with Gasteiger partial charge in [-0.05, 0) is 11.6 Å². The summed E-state index contributed by atoms with van der Waals surface area (Å²) in [4.78, 5) is 14.0. The Hall–Kier alpha value is -2.07. The summed E-state index contributed by atoms with van der Waals surface area (Å²) in [5.74, 6) is -1.19. The van der Waals surface area contributed by atoms with Crippen LogP contribution in [0.4, 0.5) is 8.78 Å². The Bertz CT molecular complexity index is 483. The first-order valence-corrected chi connectivity index (χ1v) is 4.62. The van der Waals surface area contributed by atoms with Gasteiger partial charge in [-0.1, -0.05) is 0 Å². The van der Waals surface area contributed by atoms with E-state index in [0.29, 0.717) is 0 Å². The Kier molecular flexibility index (Phi) is 4.06. The summed E-state index contributed by atoms with van der Waals surface area (Å²) in [6.07, 6.45) is -3.43. The second-order valence-electron chi connectivity index (χ2n) is 3.22. The molecule has 0 aliphatic heterocycles. The van der Waals surface area contributed by atoms with Crippen molar-refractivity contribution in [1.29, 1.82) is 5.26 Å². The van der Waals surface area contributed by atoms with Crippen LogP contribution in [0.5, 0.6) is 0 Å². The van der Waals surface area contributed by atoms with E-state index in [9.17, 15) is 13.6 Å². The van der Waals surface area contributed by atoms with E-state index in [4.69, 9.17) is 16.1 Å². The molecule has 0 bridgehead atoms. The zero-order valence-corrected chi connectivity index (χ0v) is 8.65. The Labute approximate surface area is 95.5 Å². The number of carboxylic acids is 1. The van der Waals surface area contributed by atoms with Crippen molar-refractivity contribution in [3.05, 3.63) is 28.6 Å². The van der Waals surface area contributed by atoms with E-state index < -0.39 is 24.5 Å². The lowest BCUT2D eigenvalue weighted by Gasteiger charge is -2.09. The molecule has 0 spiro atoms. The highest BCUT2D eigenvalue weighted by Crippen LogP contribution is 2.24. The number of carbonyl (C=O) groups is 1. The van der Waals surface area contributed by atoms with Crippen molar-refractivity contribution in [2.75, 3.05) is 0 Å². The number of rotatable bonds is 4. The van der Waals surface area contributed by atoms with Gasteiger partial charge < -0.3 is 10.8 Å². The highest BCUT2D eigenvalue weighted by atomic mass is 19.3. The number of nitriles is 1. The zero-order valence-electron chi connectivity index (χ0n) is 8.65. The van der Waals surface area contributed by atoms with Crippen molar-refractivity contribution in [2.24, 2.45) is 5.73 Å². The molecular weight excluding hydrogens is 232 g/mol. The molecule has 1 heterocycles. The van der Waals surface area contributed by atoms with Crippen LogP contribution in [0.15, 0.2) is 6.07 Å². The van der Waals surface area contributed by atoms with Gasteiger partial charge in [-0.2, -0.15) is 5.26 Å². The van der Waals surface area contributed by atoms with E-state index in [-0.39, 0.29) is 23.4 Å². The summed E-state index contributed by atoms with van der Waals surface area (Å²) < 4.78 is 25.3. The molecule has 5 nitrogen and oxygen atoms in total. The lowest BCUT2D eigenvalue weighted by molar-refractivity contribution is -0.136. The fourth-order valence-electron chi connectivity index (χ4n) is 1.37. The van der Waals surface area contributed by atoms with E-state index in [2.05, 4.69) is 4.98 Å². The Balaban J connectivity index is 3.36. The predicted molar refractivity (Wildman–Crippen MR) is 53.1 cm³/mol. The van der Waals surface area contributed by atoms with Gasteiger partial charge in [-0.3, -0.25) is 4.79 Å². The number of alkyl halides is 2. The molecule has 0 amide bonds. The maximum Gasteiger partial charge on any atom is 0.309 e. The molecule has 90 valence electrons. The normalized spacial score (nSPS) is 10.3. The second kappa shape index (κ2) is 5.32. The number of carboxylic acid groups (broad SMARTS) is 1. The summed E-state index contributed by atoms with van der Waals surface area (Å²) >= 11 is 0. The van der Waals surface area contributed by atoms with Gasteiger partial charge in [-0.25, -0.2) is 13.8 Å². The summed E-state index contributed by atoms with van der Waals surface area (Å²) in [6.45, 7) is -0.127. The molecule has 7 heteroatoms. The van der Waals surface area contributed by atoms with E-state index in [1.807, 2.05) is 0 Å². The molecule has 0 aromatic carbocycles. The molecule has 1 aromatic rings. The molecule has 0 atom stereocenters. The third-order valence-corrected chi connectivity index (χ3v) is 2.05. The van der Waals surface area contributed by atoms with Gasteiger partial charge in [0.05, 0.1) is 17.7 Å². The van der Waals surface area contributed by atoms with E-state index >= 15 is 0 Å². The number of aliphatic carboxylic acids is 1. The first-order valence-electron chi connectivity index (χ1n) is 4.62. The summed E-state index contributed by atoms with van der Waals surface area (Å²) in [7, 11) is 0. The number of nitrogens with two attached hydrogens (primary N) is 1. The molecule has 0 saturated heterocycles. The van der Waals surface area contributed by atoms with Crippen molar-refractivity contribution in [2.45, 2.75) is 19.4 Å². The first kappa shape index (κ1) is 13.0. The van der Waals surface area contributed by atoms with Crippen molar-refractivity contribution in [3.63, 3.8) is 0 Å². The third-order valence-electron chi connectivity index (χ3n) is 2.05. The molecule has 0 aliphatic rings. The number of halogens is 2. The maximum absolute atomic E-state index is 12.6. The van der Waals surface area contributed by atoms with Crippen LogP contribution in [0.1, 0.15) is 28.9 Å². The van der Waals surface area contributed by atoms with Gasteiger partial charge in [-0.15, -0.1) is 0 Å². The highest BCUT2D eigenvalue weighted by Gasteiger charge is 2.20. The zero-order chi connectivity index (χ0) is 13.0. The molecule has 1 rings (SSSR count). The van der Waals surface area contributed by atoms with Crippen LogP contribution in [0, 0.1) is 11.3 Å². The smallest absolute Gasteiger partial charge is 0.309 e. The average molecular weight is 241 g/mol. The largest absolute Gasteiger partial charge is 0.481 e. The Morgan fingerprint density at radius 1 is 1.65 bits per heavy atom. The molecule has 0 aliphatic carbocycles. The fraction of sp³-hybridized carbons (Fsp3) is 0.300. The van der Waals surface area contributed by atoms with E-state index in [1.54, 1.807) is 6.07 Å². The number of nitrogens with zero attached hydrogens (tertiary/aromatic N) is 2. The van der Waals surface area contributed by atoms with Gasteiger partial charge in [0.15, 0.2) is 0 Å². The summed E-state index contributed by atoms with van der Waals surface area (Å²) in [5.41, 5.74) is 4.47. The predicted octanol–water partition coefficient (Wildman–Crippen LogP) is 0.977. The van der Waals surface area contributed by atoms with Gasteiger partial charge in [0.1, 0.15) is 11.8 Å². The molecule has 1 aromatic heterocycles. The number of hydrogen-bond donors (Lipinski definition) is 2. The first-order chi connectivity index (χ1) is 7.99. The van der Waals surface area contributed by atoms with Crippen LogP contribution in [0.2, 0.25) is 0 Å². The molecule has 3 N–H and O–H groups in total. The highest BCUT2D eigenvalue weighted by molar-refractivity contribution is 5.69. The van der Waals surface area contributed by atoms with Crippen LogP contribution in [-0.2, 0) is 17.8 Å². The SMILES string of the molecule is N#Cc1c(CN)cc(CC(=O)O)nc1C(F)F. The Morgan fingerprint density at radius 2 is 2.29 bits per heavy atom. The quantitative estimate of drug-likeness (QED) is 0.818. The van der Waals surface area contributed by atoms with Crippen molar-refractivity contribution < 1.29 is 18.7 Å². The minimum absolute atomic E-state index is 0.0350. The standard InChI is InChI=1S/C10H9F2N3O2/c11-10(12)9-7(4-14)5(3-13)1-6(15-9)2-8(16)17/h1,10H,2-3,13H2,(H,16,17). The number of hydrogen-bond acceptors (Lipinski definition) is 4. The van der Waals surface area contributed by atoms with Crippen molar-refractivity contribution >= 4 is 5.97 Å². The van der Waals surface area contributed by atoms with Gasteiger partial charge in [0.25, 0.3) is 6.43 Å². The van der Waals surface area contributed by atoms with Crippen LogP contribution in [0.3, 0.4) is 0 Å².